The first-order valence-electron chi connectivity index (χ1n) is 6.65. The molecule has 6 nitrogen and oxygen atoms in total. The van der Waals surface area contributed by atoms with Gasteiger partial charge in [0, 0.05) is 34.5 Å². The smallest absolute Gasteiger partial charge is 0.257 e. The molecule has 0 aliphatic carbocycles. The van der Waals surface area contributed by atoms with E-state index in [1.165, 1.54) is 18.0 Å². The number of rotatable bonds is 4. The van der Waals surface area contributed by atoms with Gasteiger partial charge in [-0.3, -0.25) is 9.78 Å². The van der Waals surface area contributed by atoms with Crippen molar-refractivity contribution in [3.8, 4) is 0 Å². The molecule has 0 aliphatic rings. The van der Waals surface area contributed by atoms with Gasteiger partial charge in [-0.25, -0.2) is 0 Å². The molecular formula is C15H12BrN5OS. The first-order valence-corrected chi connectivity index (χ1v) is 8.26. The van der Waals surface area contributed by atoms with E-state index in [0.29, 0.717) is 5.56 Å². The Morgan fingerprint density at radius 2 is 2.04 bits per heavy atom. The first-order chi connectivity index (χ1) is 11.1. The van der Waals surface area contributed by atoms with Crippen LogP contribution in [0, 0.1) is 0 Å². The molecule has 0 saturated carbocycles. The quantitative estimate of drug-likeness (QED) is 0.740. The van der Waals surface area contributed by atoms with E-state index in [1.54, 1.807) is 18.6 Å². The van der Waals surface area contributed by atoms with Crippen LogP contribution in [0.25, 0.3) is 0 Å². The zero-order valence-electron chi connectivity index (χ0n) is 12.1. The van der Waals surface area contributed by atoms with E-state index in [4.69, 9.17) is 0 Å². The third-order valence-corrected chi connectivity index (χ3v) is 4.45. The predicted octanol–water partition coefficient (Wildman–Crippen LogP) is 3.38. The van der Waals surface area contributed by atoms with Gasteiger partial charge in [0.05, 0.1) is 5.56 Å². The summed E-state index contributed by atoms with van der Waals surface area (Å²) in [6, 6.07) is 9.27. The Balaban J connectivity index is 1.68. The van der Waals surface area contributed by atoms with Gasteiger partial charge < -0.3 is 9.88 Å². The van der Waals surface area contributed by atoms with E-state index in [2.05, 4.69) is 36.4 Å². The summed E-state index contributed by atoms with van der Waals surface area (Å²) in [4.78, 5) is 17.2. The van der Waals surface area contributed by atoms with Crippen LogP contribution in [0.4, 0.5) is 5.69 Å². The Kier molecular flexibility index (Phi) is 4.73. The average Bonchev–Trinajstić information content (AvgIpc) is 2.94. The van der Waals surface area contributed by atoms with E-state index < -0.39 is 0 Å². The standard InChI is InChI=1S/C15H12BrN5OS/c1-21-9-18-20-15(21)23-13-4-2-12(3-5-13)19-14(22)10-6-11(16)8-17-7-10/h2-9H,1H3,(H,19,22). The minimum Gasteiger partial charge on any atom is -0.322 e. The number of hydrogen-bond acceptors (Lipinski definition) is 5. The van der Waals surface area contributed by atoms with Crippen molar-refractivity contribution in [2.75, 3.05) is 5.32 Å². The third kappa shape index (κ3) is 3.96. The van der Waals surface area contributed by atoms with Crippen molar-refractivity contribution >= 4 is 39.3 Å². The Morgan fingerprint density at radius 3 is 2.70 bits per heavy atom. The maximum Gasteiger partial charge on any atom is 0.257 e. The van der Waals surface area contributed by atoms with Crippen molar-refractivity contribution in [3.63, 3.8) is 0 Å². The molecule has 0 saturated heterocycles. The maximum atomic E-state index is 12.2. The number of amides is 1. The van der Waals surface area contributed by atoms with E-state index in [-0.39, 0.29) is 5.91 Å². The van der Waals surface area contributed by atoms with E-state index >= 15 is 0 Å². The molecule has 1 amide bonds. The Bertz CT molecular complexity index is 834. The normalized spacial score (nSPS) is 10.5. The molecule has 0 atom stereocenters. The lowest BCUT2D eigenvalue weighted by atomic mass is 10.2. The fourth-order valence-electron chi connectivity index (χ4n) is 1.82. The number of aryl methyl sites for hydroxylation is 1. The number of carbonyl (C=O) groups is 1. The number of nitrogens with one attached hydrogen (secondary N) is 1. The zero-order valence-corrected chi connectivity index (χ0v) is 14.5. The second-order valence-electron chi connectivity index (χ2n) is 4.70. The van der Waals surface area contributed by atoms with Crippen molar-refractivity contribution in [2.24, 2.45) is 7.05 Å². The van der Waals surface area contributed by atoms with Crippen LogP contribution < -0.4 is 5.32 Å². The van der Waals surface area contributed by atoms with Gasteiger partial charge in [-0.15, -0.1) is 10.2 Å². The molecule has 1 aromatic carbocycles. The molecule has 1 N–H and O–H groups in total. The van der Waals surface area contributed by atoms with Crippen LogP contribution >= 0.6 is 27.7 Å². The summed E-state index contributed by atoms with van der Waals surface area (Å²) in [6.45, 7) is 0. The fourth-order valence-corrected chi connectivity index (χ4v) is 2.94. The van der Waals surface area contributed by atoms with Crippen LogP contribution in [0.3, 0.4) is 0 Å². The Morgan fingerprint density at radius 1 is 1.26 bits per heavy atom. The summed E-state index contributed by atoms with van der Waals surface area (Å²) in [5.41, 5.74) is 1.22. The second-order valence-corrected chi connectivity index (χ2v) is 6.65. The summed E-state index contributed by atoms with van der Waals surface area (Å²) < 4.78 is 2.61. The van der Waals surface area contributed by atoms with Gasteiger partial charge in [-0.1, -0.05) is 0 Å². The number of aromatic nitrogens is 4. The van der Waals surface area contributed by atoms with Gasteiger partial charge >= 0.3 is 0 Å². The summed E-state index contributed by atoms with van der Waals surface area (Å²) >= 11 is 4.81. The van der Waals surface area contributed by atoms with Crippen molar-refractivity contribution in [1.29, 1.82) is 0 Å². The monoisotopic (exact) mass is 389 g/mol. The average molecular weight is 390 g/mol. The number of benzene rings is 1. The molecular weight excluding hydrogens is 378 g/mol. The molecule has 116 valence electrons. The lowest BCUT2D eigenvalue weighted by molar-refractivity contribution is 0.102. The molecule has 3 rings (SSSR count). The highest BCUT2D eigenvalue weighted by Crippen LogP contribution is 2.26. The van der Waals surface area contributed by atoms with Gasteiger partial charge in [0.15, 0.2) is 5.16 Å². The number of halogens is 1. The lowest BCUT2D eigenvalue weighted by Crippen LogP contribution is -2.12. The molecule has 0 aliphatic heterocycles. The van der Waals surface area contributed by atoms with Crippen LogP contribution in [0.5, 0.6) is 0 Å². The van der Waals surface area contributed by atoms with Crippen LogP contribution in [-0.2, 0) is 7.05 Å². The number of pyridine rings is 1. The van der Waals surface area contributed by atoms with Crippen LogP contribution in [0.1, 0.15) is 10.4 Å². The van der Waals surface area contributed by atoms with E-state index in [0.717, 1.165) is 20.2 Å². The van der Waals surface area contributed by atoms with Gasteiger partial charge in [-0.05, 0) is 58.0 Å². The molecule has 0 radical (unpaired) electrons. The highest BCUT2D eigenvalue weighted by atomic mass is 79.9. The molecule has 23 heavy (non-hydrogen) atoms. The van der Waals surface area contributed by atoms with Crippen molar-refractivity contribution in [1.82, 2.24) is 19.7 Å². The molecule has 3 aromatic rings. The summed E-state index contributed by atoms with van der Waals surface area (Å²) in [6.07, 6.45) is 4.82. The van der Waals surface area contributed by atoms with Crippen LogP contribution in [0.15, 0.2) is 63.6 Å². The molecule has 0 unspecified atom stereocenters. The van der Waals surface area contributed by atoms with Crippen molar-refractivity contribution in [2.45, 2.75) is 10.1 Å². The zero-order chi connectivity index (χ0) is 16.2. The van der Waals surface area contributed by atoms with E-state index in [1.807, 2.05) is 35.9 Å². The molecule has 0 bridgehead atoms. The van der Waals surface area contributed by atoms with Gasteiger partial charge in [0.1, 0.15) is 6.33 Å². The summed E-state index contributed by atoms with van der Waals surface area (Å²) in [5.74, 6) is -0.201. The van der Waals surface area contributed by atoms with Gasteiger partial charge in [-0.2, -0.15) is 0 Å². The second kappa shape index (κ2) is 6.93. The van der Waals surface area contributed by atoms with Crippen LogP contribution in [-0.4, -0.2) is 25.7 Å². The minimum absolute atomic E-state index is 0.201. The molecule has 2 aromatic heterocycles. The molecule has 8 heteroatoms. The highest BCUT2D eigenvalue weighted by molar-refractivity contribution is 9.10. The largest absolute Gasteiger partial charge is 0.322 e. The SMILES string of the molecule is Cn1cnnc1Sc1ccc(NC(=O)c2cncc(Br)c2)cc1. The number of carbonyl (C=O) groups excluding carboxylic acids is 1. The van der Waals surface area contributed by atoms with Gasteiger partial charge in [0.2, 0.25) is 0 Å². The maximum absolute atomic E-state index is 12.2. The van der Waals surface area contributed by atoms with Gasteiger partial charge in [0.25, 0.3) is 5.91 Å². The molecule has 0 fully saturated rings. The van der Waals surface area contributed by atoms with Crippen LogP contribution in [0.2, 0.25) is 0 Å². The highest BCUT2D eigenvalue weighted by Gasteiger charge is 2.08. The first kappa shape index (κ1) is 15.7. The third-order valence-electron chi connectivity index (χ3n) is 2.96. The topological polar surface area (TPSA) is 72.7 Å². The van der Waals surface area contributed by atoms with Crippen molar-refractivity contribution < 1.29 is 4.79 Å². The Labute approximate surface area is 145 Å². The fraction of sp³-hybridized carbons (Fsp3) is 0.0667. The molecule has 0 spiro atoms. The Hall–Kier alpha value is -2.19. The summed E-state index contributed by atoms with van der Waals surface area (Å²) in [7, 11) is 1.89. The minimum atomic E-state index is -0.201. The number of anilines is 1. The number of hydrogen-bond donors (Lipinski definition) is 1. The van der Waals surface area contributed by atoms with E-state index in [9.17, 15) is 4.79 Å². The number of nitrogens with zero attached hydrogens (tertiary/aromatic N) is 4. The van der Waals surface area contributed by atoms with Crippen molar-refractivity contribution in [3.05, 3.63) is 59.1 Å². The lowest BCUT2D eigenvalue weighted by Gasteiger charge is -2.06. The molecule has 2 heterocycles. The summed E-state index contributed by atoms with van der Waals surface area (Å²) in [5, 5.41) is 11.5. The predicted molar refractivity (Wildman–Crippen MR) is 91.5 cm³/mol.